The topological polar surface area (TPSA) is 78.1 Å². The summed E-state index contributed by atoms with van der Waals surface area (Å²) in [6.45, 7) is 1.87. The molecule has 6 nitrogen and oxygen atoms in total. The number of hydrogen-bond donors (Lipinski definition) is 2. The minimum absolute atomic E-state index is 0.147. The molecule has 34 heavy (non-hydrogen) atoms. The van der Waals surface area contributed by atoms with Gasteiger partial charge in [-0.1, -0.05) is 72.3 Å². The summed E-state index contributed by atoms with van der Waals surface area (Å²) in [6, 6.07) is 23.8. The van der Waals surface area contributed by atoms with Gasteiger partial charge in [-0.25, -0.2) is 9.56 Å². The molecule has 1 aliphatic rings. The number of para-hydroxylation sites is 1. The molecule has 0 amide bonds. The third-order valence-corrected chi connectivity index (χ3v) is 6.07. The number of aliphatic imine (C=N–C) groups is 1. The number of nitrogens with zero attached hydrogens (tertiary/aromatic N) is 3. The number of aryl methyl sites for hydroxylation is 1. The summed E-state index contributed by atoms with van der Waals surface area (Å²) in [7, 11) is 0. The van der Waals surface area contributed by atoms with Gasteiger partial charge in [-0.2, -0.15) is 0 Å². The van der Waals surface area contributed by atoms with E-state index < -0.39 is 17.8 Å². The van der Waals surface area contributed by atoms with Crippen molar-refractivity contribution in [2.75, 3.05) is 4.90 Å². The van der Waals surface area contributed by atoms with Gasteiger partial charge in [0.05, 0.1) is 5.52 Å². The molecule has 0 bridgehead atoms. The van der Waals surface area contributed by atoms with Crippen molar-refractivity contribution in [2.45, 2.75) is 13.0 Å². The van der Waals surface area contributed by atoms with Gasteiger partial charge in [-0.05, 0) is 49.0 Å². The number of benzene rings is 3. The Labute approximate surface area is 201 Å². The van der Waals surface area contributed by atoms with Gasteiger partial charge in [-0.3, -0.25) is 4.79 Å². The van der Waals surface area contributed by atoms with Crippen LogP contribution < -0.4 is 4.90 Å². The van der Waals surface area contributed by atoms with E-state index in [1.807, 2.05) is 85.8 Å². The normalized spacial score (nSPS) is 15.9. The van der Waals surface area contributed by atoms with E-state index in [1.54, 1.807) is 17.0 Å². The highest BCUT2D eigenvalue weighted by Crippen LogP contribution is 2.38. The number of fused-ring (bicyclic) bond motifs is 1. The Hall–Kier alpha value is -4.23. The predicted molar refractivity (Wildman–Crippen MR) is 139 cm³/mol. The Kier molecular flexibility index (Phi) is 5.47. The summed E-state index contributed by atoms with van der Waals surface area (Å²) in [5.41, 5.74) is 3.19. The number of rotatable bonds is 4. The van der Waals surface area contributed by atoms with Crippen molar-refractivity contribution in [1.82, 2.24) is 4.57 Å². The lowest BCUT2D eigenvalue weighted by molar-refractivity contribution is 0.0983. The molecule has 0 spiro atoms. The second-order valence-electron chi connectivity index (χ2n) is 8.03. The van der Waals surface area contributed by atoms with Crippen LogP contribution in [0.3, 0.4) is 0 Å². The fourth-order valence-corrected chi connectivity index (χ4v) is 4.45. The number of aromatic hydroxyl groups is 2. The lowest BCUT2D eigenvalue weighted by Gasteiger charge is -2.24. The quantitative estimate of drug-likeness (QED) is 0.397. The summed E-state index contributed by atoms with van der Waals surface area (Å²) in [4.78, 5) is 20.0. The Bertz CT molecular complexity index is 1470. The molecule has 4 aromatic rings. The van der Waals surface area contributed by atoms with E-state index in [4.69, 9.17) is 12.2 Å². The molecule has 2 N–H and O–H groups in total. The van der Waals surface area contributed by atoms with Crippen LogP contribution in [0.4, 0.5) is 5.69 Å². The molecular weight excluding hydrogens is 446 g/mol. The average molecular weight is 468 g/mol. The van der Waals surface area contributed by atoms with Gasteiger partial charge in [0.25, 0.3) is 5.91 Å². The van der Waals surface area contributed by atoms with E-state index in [1.165, 1.54) is 0 Å². The molecule has 0 aliphatic carbocycles. The number of carbonyl (C=O) groups is 1. The molecule has 0 saturated heterocycles. The maximum atomic E-state index is 13.8. The third-order valence-electron chi connectivity index (χ3n) is 5.78. The Morgan fingerprint density at radius 2 is 1.68 bits per heavy atom. The van der Waals surface area contributed by atoms with Crippen LogP contribution in [0.5, 0.6) is 11.6 Å². The van der Waals surface area contributed by atoms with Gasteiger partial charge in [0.2, 0.25) is 11.0 Å². The molecule has 0 fully saturated rings. The van der Waals surface area contributed by atoms with Gasteiger partial charge >= 0.3 is 0 Å². The van der Waals surface area contributed by atoms with Crippen LogP contribution in [0.1, 0.15) is 15.9 Å². The minimum Gasteiger partial charge on any atom is -0.503 e. The first-order valence-electron chi connectivity index (χ1n) is 10.7. The van der Waals surface area contributed by atoms with Gasteiger partial charge < -0.3 is 15.1 Å². The predicted octanol–water partition coefficient (Wildman–Crippen LogP) is 5.33. The Morgan fingerprint density at radius 1 is 1.00 bits per heavy atom. The standard InChI is InChI=1S/C27H21N3O3S/c1-17-12-14-21-20(16-17)24(31)26(33)30(21)25(32)23-22(15-13-18-8-4-2-5-9-18)29(27(34)28-23)19-10-6-3-7-11-19/h2-16,22,31,33H,1H3/b15-13+. The van der Waals surface area contributed by atoms with Crippen LogP contribution in [-0.2, 0) is 0 Å². The highest BCUT2D eigenvalue weighted by atomic mass is 32.1. The lowest BCUT2D eigenvalue weighted by atomic mass is 10.1. The highest BCUT2D eigenvalue weighted by molar-refractivity contribution is 7.80. The summed E-state index contributed by atoms with van der Waals surface area (Å²) in [6.07, 6.45) is 3.77. The zero-order valence-electron chi connectivity index (χ0n) is 18.3. The third kappa shape index (κ3) is 3.66. The van der Waals surface area contributed by atoms with Gasteiger partial charge in [0.1, 0.15) is 11.8 Å². The van der Waals surface area contributed by atoms with E-state index in [-0.39, 0.29) is 16.6 Å². The highest BCUT2D eigenvalue weighted by Gasteiger charge is 2.38. The molecule has 1 aromatic heterocycles. The average Bonchev–Trinajstić information content (AvgIpc) is 3.31. The first-order valence-corrected chi connectivity index (χ1v) is 11.1. The maximum absolute atomic E-state index is 13.8. The van der Waals surface area contributed by atoms with E-state index in [0.717, 1.165) is 21.4 Å². The first kappa shape index (κ1) is 21.6. The Balaban J connectivity index is 1.62. The number of thiocarbonyl (C=S) groups is 1. The maximum Gasteiger partial charge on any atom is 0.282 e. The van der Waals surface area contributed by atoms with E-state index >= 15 is 0 Å². The van der Waals surface area contributed by atoms with Crippen LogP contribution in [0, 0.1) is 6.92 Å². The SMILES string of the molecule is Cc1ccc2c(c1)c(O)c(O)n2C(=O)C1=NC(=S)N(c2ccccc2)C1/C=C/c1ccccc1. The number of hydrogen-bond acceptors (Lipinski definition) is 4. The smallest absolute Gasteiger partial charge is 0.282 e. The van der Waals surface area contributed by atoms with Crippen LogP contribution in [0.15, 0.2) is 89.9 Å². The second-order valence-corrected chi connectivity index (χ2v) is 8.40. The fourth-order valence-electron chi connectivity index (χ4n) is 4.14. The number of aromatic nitrogens is 1. The molecule has 1 unspecified atom stereocenters. The zero-order valence-corrected chi connectivity index (χ0v) is 19.1. The molecule has 5 rings (SSSR count). The van der Waals surface area contributed by atoms with Crippen molar-refractivity contribution < 1.29 is 15.0 Å². The lowest BCUT2D eigenvalue weighted by Crippen LogP contribution is -2.40. The van der Waals surface area contributed by atoms with Crippen LogP contribution in [0.25, 0.3) is 17.0 Å². The summed E-state index contributed by atoms with van der Waals surface area (Å²) in [5, 5.41) is 21.8. The van der Waals surface area contributed by atoms with Gasteiger partial charge in [-0.15, -0.1) is 0 Å². The van der Waals surface area contributed by atoms with E-state index in [0.29, 0.717) is 10.9 Å². The molecule has 1 aliphatic heterocycles. The second kappa shape index (κ2) is 8.61. The van der Waals surface area contributed by atoms with Crippen LogP contribution in [0.2, 0.25) is 0 Å². The summed E-state index contributed by atoms with van der Waals surface area (Å²) < 4.78 is 1.09. The molecule has 0 radical (unpaired) electrons. The summed E-state index contributed by atoms with van der Waals surface area (Å²) in [5.74, 6) is -1.43. The fraction of sp³-hybridized carbons (Fsp3) is 0.0741. The molecule has 168 valence electrons. The van der Waals surface area contributed by atoms with E-state index in [2.05, 4.69) is 4.99 Å². The van der Waals surface area contributed by atoms with Crippen molar-refractivity contribution in [3.05, 3.63) is 96.1 Å². The van der Waals surface area contributed by atoms with Crippen LogP contribution in [-0.4, -0.2) is 37.6 Å². The van der Waals surface area contributed by atoms with Crippen molar-refractivity contribution in [3.8, 4) is 11.6 Å². The molecule has 2 heterocycles. The number of anilines is 1. The van der Waals surface area contributed by atoms with Crippen molar-refractivity contribution in [2.24, 2.45) is 4.99 Å². The number of carbonyl (C=O) groups excluding carboxylic acids is 1. The Morgan fingerprint density at radius 3 is 2.38 bits per heavy atom. The molecule has 7 heteroatoms. The molecule has 3 aromatic carbocycles. The van der Waals surface area contributed by atoms with Crippen molar-refractivity contribution >= 4 is 51.6 Å². The van der Waals surface area contributed by atoms with Crippen molar-refractivity contribution in [3.63, 3.8) is 0 Å². The molecule has 1 atom stereocenters. The van der Waals surface area contributed by atoms with Gasteiger partial charge in [0, 0.05) is 11.1 Å². The van der Waals surface area contributed by atoms with Crippen LogP contribution >= 0.6 is 12.2 Å². The molecule has 0 saturated carbocycles. The largest absolute Gasteiger partial charge is 0.503 e. The zero-order chi connectivity index (χ0) is 23.8. The minimum atomic E-state index is -0.605. The van der Waals surface area contributed by atoms with E-state index in [9.17, 15) is 15.0 Å². The van der Waals surface area contributed by atoms with Crippen molar-refractivity contribution in [1.29, 1.82) is 0 Å². The monoisotopic (exact) mass is 467 g/mol. The molecular formula is C27H21N3O3S. The van der Waals surface area contributed by atoms with Gasteiger partial charge in [0.15, 0.2) is 5.75 Å². The first-order chi connectivity index (χ1) is 16.5. The summed E-state index contributed by atoms with van der Waals surface area (Å²) >= 11 is 5.56.